The van der Waals surface area contributed by atoms with E-state index in [1.165, 1.54) is 0 Å². The highest BCUT2D eigenvalue weighted by molar-refractivity contribution is 6.28. The van der Waals surface area contributed by atoms with E-state index in [0.717, 1.165) is 72.9 Å². The normalized spacial score (nSPS) is 14.8. The number of para-hydroxylation sites is 3. The molecule has 0 saturated heterocycles. The number of benzene rings is 4. The third kappa shape index (κ3) is 3.59. The number of halogens is 1. The van der Waals surface area contributed by atoms with Gasteiger partial charge in [0.1, 0.15) is 22.5 Å². The van der Waals surface area contributed by atoms with Gasteiger partial charge in [-0.05, 0) is 35.7 Å². The molecule has 1 aliphatic rings. The van der Waals surface area contributed by atoms with Crippen LogP contribution in [0.2, 0.25) is 5.28 Å². The Morgan fingerprint density at radius 3 is 2.25 bits per heavy atom. The minimum atomic E-state index is 0.137. The molecule has 6 heteroatoms. The molecule has 4 aromatic carbocycles. The molecule has 5 nitrogen and oxygen atoms in total. The maximum atomic E-state index is 6.44. The van der Waals surface area contributed by atoms with Crippen molar-refractivity contribution in [1.82, 2.24) is 15.0 Å². The highest BCUT2D eigenvalue weighted by Gasteiger charge is 2.23. The summed E-state index contributed by atoms with van der Waals surface area (Å²) in [6, 6.07) is 28.5. The van der Waals surface area contributed by atoms with Crippen molar-refractivity contribution in [2.24, 2.45) is 0 Å². The zero-order valence-electron chi connectivity index (χ0n) is 21.6. The number of nitrogens with zero attached hydrogens (tertiary/aromatic N) is 3. The van der Waals surface area contributed by atoms with Crippen LogP contribution < -0.4 is 0 Å². The van der Waals surface area contributed by atoms with E-state index in [2.05, 4.69) is 71.5 Å². The molecule has 1 aliphatic carbocycles. The van der Waals surface area contributed by atoms with Crippen molar-refractivity contribution in [3.63, 3.8) is 0 Å². The Hall–Kier alpha value is -4.74. The molecular formula is C34H22ClN3O2. The van der Waals surface area contributed by atoms with Crippen molar-refractivity contribution in [1.29, 1.82) is 0 Å². The lowest BCUT2D eigenvalue weighted by Crippen LogP contribution is -1.97. The molecule has 0 fully saturated rings. The Morgan fingerprint density at radius 1 is 0.675 bits per heavy atom. The molecule has 0 spiro atoms. The molecule has 3 aromatic heterocycles. The predicted octanol–water partition coefficient (Wildman–Crippen LogP) is 9.69. The molecule has 3 heterocycles. The number of furan rings is 2. The molecule has 1 unspecified atom stereocenters. The van der Waals surface area contributed by atoms with Gasteiger partial charge in [-0.15, -0.1) is 0 Å². The lowest BCUT2D eigenvalue weighted by molar-refractivity contribution is 0.504. The Labute approximate surface area is 234 Å². The van der Waals surface area contributed by atoms with E-state index >= 15 is 0 Å². The number of allylic oxidation sites excluding steroid dienone is 1. The first-order valence-electron chi connectivity index (χ1n) is 13.3. The van der Waals surface area contributed by atoms with Crippen LogP contribution in [0.5, 0.6) is 0 Å². The molecule has 0 bridgehead atoms. The molecule has 0 N–H and O–H groups in total. The van der Waals surface area contributed by atoms with Crippen LogP contribution in [0, 0.1) is 0 Å². The molecule has 192 valence electrons. The van der Waals surface area contributed by atoms with Crippen LogP contribution in [0.25, 0.3) is 72.9 Å². The van der Waals surface area contributed by atoms with Crippen molar-refractivity contribution < 1.29 is 8.83 Å². The molecule has 0 saturated carbocycles. The summed E-state index contributed by atoms with van der Waals surface area (Å²) in [7, 11) is 0. The van der Waals surface area contributed by atoms with Gasteiger partial charge < -0.3 is 8.83 Å². The number of hydrogen-bond donors (Lipinski definition) is 0. The largest absolute Gasteiger partial charge is 0.459 e. The second-order valence-corrected chi connectivity index (χ2v) is 10.5. The SMILES string of the molecule is CC1CC=Cc2c1oc1c(-c3nc(Cl)nc(-c4ccc(-c5cccc6c5oc5ccccc56)cc4)n3)cccc21. The zero-order chi connectivity index (χ0) is 26.8. The van der Waals surface area contributed by atoms with Crippen LogP contribution in [-0.4, -0.2) is 15.0 Å². The Bertz CT molecular complexity index is 2120. The average Bonchev–Trinajstić information content (AvgIpc) is 3.56. The third-order valence-electron chi connectivity index (χ3n) is 7.71. The summed E-state index contributed by atoms with van der Waals surface area (Å²) >= 11 is 6.44. The summed E-state index contributed by atoms with van der Waals surface area (Å²) in [5, 5.41) is 3.40. The Kier molecular flexibility index (Phi) is 5.16. The van der Waals surface area contributed by atoms with Crippen LogP contribution >= 0.6 is 11.6 Å². The average molecular weight is 540 g/mol. The minimum absolute atomic E-state index is 0.137. The lowest BCUT2D eigenvalue weighted by Gasteiger charge is -2.10. The van der Waals surface area contributed by atoms with Gasteiger partial charge in [0, 0.05) is 38.8 Å². The second kappa shape index (κ2) is 8.90. The Morgan fingerprint density at radius 2 is 1.38 bits per heavy atom. The number of aromatic nitrogens is 3. The number of fused-ring (bicyclic) bond motifs is 6. The van der Waals surface area contributed by atoms with E-state index in [9.17, 15) is 0 Å². The van der Waals surface area contributed by atoms with E-state index < -0.39 is 0 Å². The van der Waals surface area contributed by atoms with Gasteiger partial charge in [-0.3, -0.25) is 0 Å². The van der Waals surface area contributed by atoms with E-state index in [0.29, 0.717) is 17.6 Å². The highest BCUT2D eigenvalue weighted by atomic mass is 35.5. The smallest absolute Gasteiger partial charge is 0.226 e. The first kappa shape index (κ1) is 23.2. The van der Waals surface area contributed by atoms with Crippen molar-refractivity contribution in [2.75, 3.05) is 0 Å². The molecule has 1 atom stereocenters. The van der Waals surface area contributed by atoms with Crippen LogP contribution in [0.4, 0.5) is 0 Å². The van der Waals surface area contributed by atoms with Crippen molar-refractivity contribution in [3.8, 4) is 33.9 Å². The quantitative estimate of drug-likeness (QED) is 0.223. The molecular weight excluding hydrogens is 518 g/mol. The van der Waals surface area contributed by atoms with E-state index in [4.69, 9.17) is 25.4 Å². The van der Waals surface area contributed by atoms with Gasteiger partial charge in [0.15, 0.2) is 11.6 Å². The van der Waals surface area contributed by atoms with Gasteiger partial charge in [-0.1, -0.05) is 91.9 Å². The van der Waals surface area contributed by atoms with Crippen LogP contribution in [0.15, 0.2) is 99.8 Å². The molecule has 7 aromatic rings. The topological polar surface area (TPSA) is 65.0 Å². The fraction of sp³-hybridized carbons (Fsp3) is 0.0882. The van der Waals surface area contributed by atoms with Crippen LogP contribution in [0.3, 0.4) is 0 Å². The summed E-state index contributed by atoms with van der Waals surface area (Å²) in [5.74, 6) is 2.31. The predicted molar refractivity (Wildman–Crippen MR) is 160 cm³/mol. The Balaban J connectivity index is 1.20. The van der Waals surface area contributed by atoms with Crippen molar-refractivity contribution in [3.05, 3.63) is 108 Å². The van der Waals surface area contributed by atoms with Crippen molar-refractivity contribution in [2.45, 2.75) is 19.3 Å². The first-order chi connectivity index (χ1) is 19.6. The summed E-state index contributed by atoms with van der Waals surface area (Å²) in [6.07, 6.45) is 5.31. The van der Waals surface area contributed by atoms with E-state index in [-0.39, 0.29) is 5.28 Å². The lowest BCUT2D eigenvalue weighted by atomic mass is 9.94. The third-order valence-corrected chi connectivity index (χ3v) is 7.88. The van der Waals surface area contributed by atoms with Gasteiger partial charge in [-0.25, -0.2) is 4.98 Å². The molecule has 8 rings (SSSR count). The van der Waals surface area contributed by atoms with Crippen molar-refractivity contribution >= 4 is 50.6 Å². The summed E-state index contributed by atoms with van der Waals surface area (Å²) < 4.78 is 12.6. The fourth-order valence-electron chi connectivity index (χ4n) is 5.74. The fourth-order valence-corrected chi connectivity index (χ4v) is 5.90. The number of rotatable bonds is 3. The molecule has 40 heavy (non-hydrogen) atoms. The standard InChI is InChI=1S/C34H22ClN3O2/c1-19-7-4-10-25-26-12-6-13-27(31(26)40-29(19)25)33-36-32(37-34(35)38-33)21-17-15-20(16-18-21)22-9-5-11-24-23-8-2-3-14-28(23)39-30(22)24/h2-6,8-19H,7H2,1H3. The minimum Gasteiger partial charge on any atom is -0.459 e. The van der Waals surface area contributed by atoms with Gasteiger partial charge >= 0.3 is 0 Å². The molecule has 0 aliphatic heterocycles. The van der Waals surface area contributed by atoms with Crippen LogP contribution in [0.1, 0.15) is 30.6 Å². The van der Waals surface area contributed by atoms with Gasteiger partial charge in [-0.2, -0.15) is 9.97 Å². The summed E-state index contributed by atoms with van der Waals surface area (Å²) in [4.78, 5) is 13.8. The van der Waals surface area contributed by atoms with Gasteiger partial charge in [0.25, 0.3) is 0 Å². The van der Waals surface area contributed by atoms with Gasteiger partial charge in [0.2, 0.25) is 5.28 Å². The second-order valence-electron chi connectivity index (χ2n) is 10.2. The maximum Gasteiger partial charge on any atom is 0.226 e. The summed E-state index contributed by atoms with van der Waals surface area (Å²) in [6.45, 7) is 2.18. The van der Waals surface area contributed by atoms with E-state index in [1.54, 1.807) is 0 Å². The van der Waals surface area contributed by atoms with Gasteiger partial charge in [0.05, 0.1) is 5.56 Å². The maximum absolute atomic E-state index is 6.44. The number of hydrogen-bond acceptors (Lipinski definition) is 5. The van der Waals surface area contributed by atoms with Crippen LogP contribution in [-0.2, 0) is 0 Å². The van der Waals surface area contributed by atoms with E-state index in [1.807, 2.05) is 42.5 Å². The summed E-state index contributed by atoms with van der Waals surface area (Å²) in [5.41, 5.74) is 7.37. The monoisotopic (exact) mass is 539 g/mol. The first-order valence-corrected chi connectivity index (χ1v) is 13.7. The molecule has 0 radical (unpaired) electrons. The zero-order valence-corrected chi connectivity index (χ0v) is 22.3. The highest BCUT2D eigenvalue weighted by Crippen LogP contribution is 2.41. The molecule has 0 amide bonds.